The van der Waals surface area contributed by atoms with Crippen LogP contribution < -0.4 is 4.90 Å². The van der Waals surface area contributed by atoms with Crippen molar-refractivity contribution in [2.75, 3.05) is 4.90 Å². The standard InChI is InChI=1S/C58H37NO2/c1-2-11-41-35-46(23-22-38(41)10-1)45-15-8-14-44(36-45)43-13-7-12-42(34-43)39-24-28-47(29-25-39)59(49-32-33-52-51-16-3-5-19-54(51)61-57(52)37-49)48-30-26-40(27-31-48)50-18-9-21-56-58(50)53-17-4-6-20-55(53)60-56/h1-37H. The molecule has 0 saturated heterocycles. The number of benzene rings is 10. The van der Waals surface area contributed by atoms with Crippen molar-refractivity contribution < 1.29 is 8.83 Å². The second kappa shape index (κ2) is 14.3. The maximum atomic E-state index is 6.40. The molecule has 0 aliphatic rings. The van der Waals surface area contributed by atoms with Gasteiger partial charge in [0.15, 0.2) is 0 Å². The van der Waals surface area contributed by atoms with Crippen LogP contribution in [0.2, 0.25) is 0 Å². The summed E-state index contributed by atoms with van der Waals surface area (Å²) in [5.41, 5.74) is 16.1. The van der Waals surface area contributed by atoms with Crippen molar-refractivity contribution in [3.05, 3.63) is 224 Å². The molecule has 0 atom stereocenters. The van der Waals surface area contributed by atoms with Crippen molar-refractivity contribution in [2.24, 2.45) is 0 Å². The summed E-state index contributed by atoms with van der Waals surface area (Å²) in [5, 5.41) is 6.98. The number of hydrogen-bond acceptors (Lipinski definition) is 3. The van der Waals surface area contributed by atoms with Crippen molar-refractivity contribution in [3.8, 4) is 44.5 Å². The fourth-order valence-electron chi connectivity index (χ4n) is 9.03. The molecule has 0 amide bonds. The van der Waals surface area contributed by atoms with Gasteiger partial charge in [0.05, 0.1) is 0 Å². The van der Waals surface area contributed by atoms with Crippen molar-refractivity contribution in [1.29, 1.82) is 0 Å². The van der Waals surface area contributed by atoms with Gasteiger partial charge < -0.3 is 13.7 Å². The Morgan fingerprint density at radius 1 is 0.262 bits per heavy atom. The Kier molecular flexibility index (Phi) is 8.17. The van der Waals surface area contributed by atoms with E-state index in [0.717, 1.165) is 77.6 Å². The highest BCUT2D eigenvalue weighted by Gasteiger charge is 2.18. The molecule has 12 aromatic rings. The third kappa shape index (κ3) is 6.14. The number of para-hydroxylation sites is 2. The molecule has 0 aliphatic heterocycles. The summed E-state index contributed by atoms with van der Waals surface area (Å²) in [5.74, 6) is 0. The maximum absolute atomic E-state index is 6.40. The van der Waals surface area contributed by atoms with Crippen LogP contribution in [0.15, 0.2) is 233 Å². The summed E-state index contributed by atoms with van der Waals surface area (Å²) < 4.78 is 12.6. The highest BCUT2D eigenvalue weighted by atomic mass is 16.3. The van der Waals surface area contributed by atoms with Gasteiger partial charge in [-0.05, 0) is 128 Å². The zero-order valence-corrected chi connectivity index (χ0v) is 33.1. The summed E-state index contributed by atoms with van der Waals surface area (Å²) in [6.45, 7) is 0. The molecule has 2 aromatic heterocycles. The normalized spacial score (nSPS) is 11.6. The lowest BCUT2D eigenvalue weighted by Gasteiger charge is -2.26. The van der Waals surface area contributed by atoms with Crippen LogP contribution in [0, 0.1) is 0 Å². The Balaban J connectivity index is 0.908. The first-order chi connectivity index (χ1) is 30.2. The average molecular weight is 780 g/mol. The number of furan rings is 2. The van der Waals surface area contributed by atoms with Crippen LogP contribution >= 0.6 is 0 Å². The number of fused-ring (bicyclic) bond motifs is 7. The molecular weight excluding hydrogens is 743 g/mol. The van der Waals surface area contributed by atoms with Gasteiger partial charge in [0.25, 0.3) is 0 Å². The van der Waals surface area contributed by atoms with E-state index < -0.39 is 0 Å². The minimum absolute atomic E-state index is 0.858. The van der Waals surface area contributed by atoms with Gasteiger partial charge in [0.2, 0.25) is 0 Å². The summed E-state index contributed by atoms with van der Waals surface area (Å²) >= 11 is 0. The van der Waals surface area contributed by atoms with E-state index in [1.165, 1.54) is 38.6 Å². The van der Waals surface area contributed by atoms with Gasteiger partial charge in [-0.25, -0.2) is 0 Å². The lowest BCUT2D eigenvalue weighted by atomic mass is 9.95. The van der Waals surface area contributed by atoms with E-state index in [1.807, 2.05) is 30.3 Å². The van der Waals surface area contributed by atoms with Crippen LogP contribution in [0.4, 0.5) is 17.1 Å². The van der Waals surface area contributed by atoms with Gasteiger partial charge in [-0.2, -0.15) is 0 Å². The fourth-order valence-corrected chi connectivity index (χ4v) is 9.03. The first kappa shape index (κ1) is 34.9. The number of hydrogen-bond donors (Lipinski definition) is 0. The molecule has 61 heavy (non-hydrogen) atoms. The van der Waals surface area contributed by atoms with E-state index in [2.05, 4.69) is 199 Å². The second-order valence-electron chi connectivity index (χ2n) is 15.7. The molecule has 0 N–H and O–H groups in total. The van der Waals surface area contributed by atoms with Gasteiger partial charge in [-0.15, -0.1) is 0 Å². The molecule has 12 rings (SSSR count). The van der Waals surface area contributed by atoms with Crippen molar-refractivity contribution >= 4 is 71.7 Å². The van der Waals surface area contributed by atoms with Crippen LogP contribution in [0.1, 0.15) is 0 Å². The molecule has 286 valence electrons. The Hall–Kier alpha value is -8.14. The highest BCUT2D eigenvalue weighted by Crippen LogP contribution is 2.42. The number of nitrogens with zero attached hydrogens (tertiary/aromatic N) is 1. The minimum atomic E-state index is 0.858. The third-order valence-electron chi connectivity index (χ3n) is 12.1. The minimum Gasteiger partial charge on any atom is -0.456 e. The molecule has 0 saturated carbocycles. The number of rotatable bonds is 7. The van der Waals surface area contributed by atoms with E-state index >= 15 is 0 Å². The Labute approximate surface area is 353 Å². The molecule has 2 heterocycles. The van der Waals surface area contributed by atoms with Crippen molar-refractivity contribution in [2.45, 2.75) is 0 Å². The van der Waals surface area contributed by atoms with Crippen LogP contribution in [-0.2, 0) is 0 Å². The lowest BCUT2D eigenvalue weighted by molar-refractivity contribution is 0.668. The monoisotopic (exact) mass is 779 g/mol. The first-order valence-electron chi connectivity index (χ1n) is 20.7. The van der Waals surface area contributed by atoms with Crippen LogP contribution in [0.3, 0.4) is 0 Å². The molecule has 3 heteroatoms. The molecule has 0 aliphatic carbocycles. The van der Waals surface area contributed by atoms with Crippen molar-refractivity contribution in [1.82, 2.24) is 0 Å². The summed E-state index contributed by atoms with van der Waals surface area (Å²) in [4.78, 5) is 2.31. The Bertz CT molecular complexity index is 3590. The largest absolute Gasteiger partial charge is 0.456 e. The average Bonchev–Trinajstić information content (AvgIpc) is 3.90. The molecule has 3 nitrogen and oxygen atoms in total. The van der Waals surface area contributed by atoms with Gasteiger partial charge in [0.1, 0.15) is 22.3 Å². The Morgan fingerprint density at radius 3 is 1.48 bits per heavy atom. The molecular formula is C58H37NO2. The third-order valence-corrected chi connectivity index (χ3v) is 12.1. The second-order valence-corrected chi connectivity index (χ2v) is 15.7. The van der Waals surface area contributed by atoms with E-state index in [9.17, 15) is 0 Å². The van der Waals surface area contributed by atoms with Gasteiger partial charge in [-0.3, -0.25) is 0 Å². The predicted octanol–water partition coefficient (Wildman–Crippen LogP) is 16.8. The maximum Gasteiger partial charge on any atom is 0.137 e. The molecule has 0 unspecified atom stereocenters. The van der Waals surface area contributed by atoms with Gasteiger partial charge in [-0.1, -0.05) is 146 Å². The van der Waals surface area contributed by atoms with E-state index in [-0.39, 0.29) is 0 Å². The fraction of sp³-hybridized carbons (Fsp3) is 0. The van der Waals surface area contributed by atoms with Crippen LogP contribution in [-0.4, -0.2) is 0 Å². The molecule has 0 spiro atoms. The summed E-state index contributed by atoms with van der Waals surface area (Å²) in [6, 6.07) is 80.0. The van der Waals surface area contributed by atoms with Gasteiger partial charge >= 0.3 is 0 Å². The van der Waals surface area contributed by atoms with Crippen molar-refractivity contribution in [3.63, 3.8) is 0 Å². The van der Waals surface area contributed by atoms with E-state index in [0.29, 0.717) is 0 Å². The number of anilines is 3. The highest BCUT2D eigenvalue weighted by molar-refractivity contribution is 6.12. The molecule has 0 radical (unpaired) electrons. The zero-order valence-electron chi connectivity index (χ0n) is 33.1. The predicted molar refractivity (Wildman–Crippen MR) is 255 cm³/mol. The van der Waals surface area contributed by atoms with E-state index in [1.54, 1.807) is 0 Å². The quantitative estimate of drug-likeness (QED) is 0.161. The first-order valence-corrected chi connectivity index (χ1v) is 20.7. The van der Waals surface area contributed by atoms with Crippen LogP contribution in [0.25, 0.3) is 99.2 Å². The van der Waals surface area contributed by atoms with Gasteiger partial charge in [0, 0.05) is 44.7 Å². The summed E-state index contributed by atoms with van der Waals surface area (Å²) in [6.07, 6.45) is 0. The zero-order chi connectivity index (χ0) is 40.3. The lowest BCUT2D eigenvalue weighted by Crippen LogP contribution is -2.09. The molecule has 10 aromatic carbocycles. The molecule has 0 fully saturated rings. The summed E-state index contributed by atoms with van der Waals surface area (Å²) in [7, 11) is 0. The van der Waals surface area contributed by atoms with Crippen LogP contribution in [0.5, 0.6) is 0 Å². The van der Waals surface area contributed by atoms with E-state index in [4.69, 9.17) is 8.83 Å². The molecule has 0 bridgehead atoms. The smallest absolute Gasteiger partial charge is 0.137 e. The topological polar surface area (TPSA) is 29.5 Å². The Morgan fingerprint density at radius 2 is 0.754 bits per heavy atom. The SMILES string of the molecule is c1cc(-c2ccc(N(c3ccc(-c4cccc5oc6ccccc6c45)cc3)c3ccc4c(c3)oc3ccccc34)cc2)cc(-c2cccc(-c3ccc4ccccc4c3)c2)c1.